The molecule has 1 unspecified atom stereocenters. The Bertz CT molecular complexity index is 1180. The van der Waals surface area contributed by atoms with Gasteiger partial charge < -0.3 is 14.2 Å². The standard InChI is InChI=1S/C67H126O6/c1-4-7-10-13-16-19-22-24-26-28-30-31-32-33-34-35-36-38-39-41-43-45-48-51-54-57-60-66(69)72-63-64(62-71-65(68)59-56-53-50-47-21-18-15-12-9-6-3)73-67(70)61-58-55-52-49-46-44-42-40-37-29-27-25-23-20-17-14-11-8-5-2/h12,15,25,27,64H,4-11,13-14,16-24,26,28-63H2,1-3H3/b15-12-,27-25-. The lowest BCUT2D eigenvalue weighted by atomic mass is 10.0. The number of hydrogen-bond donors (Lipinski definition) is 0. The van der Waals surface area contributed by atoms with Gasteiger partial charge in [-0.1, -0.05) is 308 Å². The van der Waals surface area contributed by atoms with E-state index >= 15 is 0 Å². The number of esters is 3. The lowest BCUT2D eigenvalue weighted by molar-refractivity contribution is -0.167. The van der Waals surface area contributed by atoms with Gasteiger partial charge in [-0.2, -0.15) is 0 Å². The zero-order valence-electron chi connectivity index (χ0n) is 49.4. The van der Waals surface area contributed by atoms with Crippen LogP contribution < -0.4 is 0 Å². The van der Waals surface area contributed by atoms with Gasteiger partial charge in [0.15, 0.2) is 6.10 Å². The monoisotopic (exact) mass is 1030 g/mol. The van der Waals surface area contributed by atoms with Crippen molar-refractivity contribution in [2.75, 3.05) is 13.2 Å². The summed E-state index contributed by atoms with van der Waals surface area (Å²) < 4.78 is 16.9. The Labute approximate surface area is 455 Å². The third kappa shape index (κ3) is 60.6. The van der Waals surface area contributed by atoms with E-state index in [0.29, 0.717) is 19.3 Å². The van der Waals surface area contributed by atoms with Gasteiger partial charge in [-0.3, -0.25) is 14.4 Å². The van der Waals surface area contributed by atoms with Crippen LogP contribution in [0.25, 0.3) is 0 Å². The van der Waals surface area contributed by atoms with Crippen LogP contribution >= 0.6 is 0 Å². The molecule has 0 rings (SSSR count). The molecule has 0 aliphatic rings. The molecular formula is C67H126O6. The molecule has 0 saturated heterocycles. The fourth-order valence-corrected chi connectivity index (χ4v) is 9.97. The largest absolute Gasteiger partial charge is 0.462 e. The highest BCUT2D eigenvalue weighted by Gasteiger charge is 2.19. The first-order valence-electron chi connectivity index (χ1n) is 32.8. The van der Waals surface area contributed by atoms with Gasteiger partial charge in [0.2, 0.25) is 0 Å². The van der Waals surface area contributed by atoms with Crippen molar-refractivity contribution in [3.05, 3.63) is 24.3 Å². The molecule has 0 radical (unpaired) electrons. The Hall–Kier alpha value is -2.11. The maximum Gasteiger partial charge on any atom is 0.306 e. The van der Waals surface area contributed by atoms with Gasteiger partial charge in [0.05, 0.1) is 0 Å². The molecule has 0 aliphatic heterocycles. The zero-order chi connectivity index (χ0) is 52.9. The molecule has 0 aliphatic carbocycles. The van der Waals surface area contributed by atoms with E-state index in [-0.39, 0.29) is 31.1 Å². The summed E-state index contributed by atoms with van der Waals surface area (Å²) in [6.07, 6.45) is 74.9. The van der Waals surface area contributed by atoms with Crippen LogP contribution in [0.15, 0.2) is 24.3 Å². The summed E-state index contributed by atoms with van der Waals surface area (Å²) in [5.74, 6) is -0.859. The summed E-state index contributed by atoms with van der Waals surface area (Å²) in [5, 5.41) is 0. The van der Waals surface area contributed by atoms with Gasteiger partial charge in [0.25, 0.3) is 0 Å². The summed E-state index contributed by atoms with van der Waals surface area (Å²) in [6, 6.07) is 0. The SMILES string of the molecule is CCC/C=C\CCCCCCCC(=O)OCC(COC(=O)CCCCCCCCCCCCCCCCCCCCCCCCCCCC)OC(=O)CCCCCCCCCCC/C=C\CCCCCCCC. The van der Waals surface area contributed by atoms with E-state index in [1.165, 1.54) is 257 Å². The molecule has 0 aromatic rings. The Morgan fingerprint density at radius 1 is 0.260 bits per heavy atom. The first-order valence-corrected chi connectivity index (χ1v) is 32.8. The van der Waals surface area contributed by atoms with Gasteiger partial charge in [0, 0.05) is 19.3 Å². The number of ether oxygens (including phenoxy) is 3. The number of hydrogen-bond acceptors (Lipinski definition) is 6. The van der Waals surface area contributed by atoms with Gasteiger partial charge in [-0.25, -0.2) is 0 Å². The van der Waals surface area contributed by atoms with E-state index in [9.17, 15) is 14.4 Å². The fraction of sp³-hybridized carbons (Fsp3) is 0.896. The number of unbranched alkanes of at least 4 members (excludes halogenated alkanes) is 46. The molecule has 6 heteroatoms. The Kier molecular flexibility index (Phi) is 60.6. The fourth-order valence-electron chi connectivity index (χ4n) is 9.97. The van der Waals surface area contributed by atoms with Crippen molar-refractivity contribution in [2.24, 2.45) is 0 Å². The summed E-state index contributed by atoms with van der Waals surface area (Å²) in [5.41, 5.74) is 0. The first kappa shape index (κ1) is 70.9. The molecule has 0 aromatic carbocycles. The molecule has 0 heterocycles. The molecule has 0 bridgehead atoms. The molecule has 0 saturated carbocycles. The Morgan fingerprint density at radius 2 is 0.479 bits per heavy atom. The number of allylic oxidation sites excluding steroid dienone is 4. The van der Waals surface area contributed by atoms with Crippen LogP contribution in [-0.2, 0) is 28.6 Å². The van der Waals surface area contributed by atoms with Crippen LogP contribution in [0.5, 0.6) is 0 Å². The lowest BCUT2D eigenvalue weighted by Gasteiger charge is -2.18. The van der Waals surface area contributed by atoms with Crippen LogP contribution in [0.3, 0.4) is 0 Å². The van der Waals surface area contributed by atoms with Crippen molar-refractivity contribution in [3.63, 3.8) is 0 Å². The minimum Gasteiger partial charge on any atom is -0.462 e. The van der Waals surface area contributed by atoms with Gasteiger partial charge in [-0.05, 0) is 64.2 Å². The highest BCUT2D eigenvalue weighted by Crippen LogP contribution is 2.18. The molecule has 1 atom stereocenters. The molecule has 0 amide bonds. The van der Waals surface area contributed by atoms with Crippen molar-refractivity contribution in [1.29, 1.82) is 0 Å². The summed E-state index contributed by atoms with van der Waals surface area (Å²) in [7, 11) is 0. The second kappa shape index (κ2) is 62.4. The van der Waals surface area contributed by atoms with Crippen molar-refractivity contribution in [1.82, 2.24) is 0 Å². The third-order valence-corrected chi connectivity index (χ3v) is 14.9. The summed E-state index contributed by atoms with van der Waals surface area (Å²) >= 11 is 0. The van der Waals surface area contributed by atoms with Crippen LogP contribution in [-0.4, -0.2) is 37.2 Å². The van der Waals surface area contributed by atoms with E-state index in [1.807, 2.05) is 0 Å². The zero-order valence-corrected chi connectivity index (χ0v) is 49.4. The molecule has 430 valence electrons. The number of rotatable bonds is 61. The van der Waals surface area contributed by atoms with E-state index in [4.69, 9.17) is 14.2 Å². The van der Waals surface area contributed by atoms with E-state index in [0.717, 1.165) is 70.6 Å². The number of carbonyl (C=O) groups is 3. The third-order valence-electron chi connectivity index (χ3n) is 14.9. The minimum absolute atomic E-state index is 0.0699. The topological polar surface area (TPSA) is 78.9 Å². The second-order valence-electron chi connectivity index (χ2n) is 22.4. The van der Waals surface area contributed by atoms with E-state index in [2.05, 4.69) is 45.1 Å². The van der Waals surface area contributed by atoms with Gasteiger partial charge in [0.1, 0.15) is 13.2 Å². The summed E-state index contributed by atoms with van der Waals surface area (Å²) in [4.78, 5) is 38.2. The Balaban J connectivity index is 4.14. The van der Waals surface area contributed by atoms with E-state index in [1.54, 1.807) is 0 Å². The van der Waals surface area contributed by atoms with Gasteiger partial charge >= 0.3 is 17.9 Å². The smallest absolute Gasteiger partial charge is 0.306 e. The molecular weight excluding hydrogens is 901 g/mol. The summed E-state index contributed by atoms with van der Waals surface area (Å²) in [6.45, 7) is 6.63. The molecule has 0 N–H and O–H groups in total. The Morgan fingerprint density at radius 3 is 0.740 bits per heavy atom. The van der Waals surface area contributed by atoms with Crippen molar-refractivity contribution >= 4 is 17.9 Å². The molecule has 0 aromatic heterocycles. The predicted octanol–water partition coefficient (Wildman–Crippen LogP) is 22.2. The molecule has 73 heavy (non-hydrogen) atoms. The normalized spacial score (nSPS) is 12.1. The van der Waals surface area contributed by atoms with Gasteiger partial charge in [-0.15, -0.1) is 0 Å². The molecule has 6 nitrogen and oxygen atoms in total. The quantitative estimate of drug-likeness (QED) is 0.0261. The van der Waals surface area contributed by atoms with Crippen LogP contribution in [0.4, 0.5) is 0 Å². The highest BCUT2D eigenvalue weighted by atomic mass is 16.6. The van der Waals surface area contributed by atoms with Crippen LogP contribution in [0.1, 0.15) is 367 Å². The second-order valence-corrected chi connectivity index (χ2v) is 22.4. The maximum atomic E-state index is 12.9. The average Bonchev–Trinajstić information content (AvgIpc) is 3.39. The lowest BCUT2D eigenvalue weighted by Crippen LogP contribution is -2.30. The van der Waals surface area contributed by atoms with E-state index < -0.39 is 6.10 Å². The molecule has 0 spiro atoms. The van der Waals surface area contributed by atoms with Crippen LogP contribution in [0.2, 0.25) is 0 Å². The predicted molar refractivity (Wildman–Crippen MR) is 316 cm³/mol. The van der Waals surface area contributed by atoms with Crippen molar-refractivity contribution < 1.29 is 28.6 Å². The van der Waals surface area contributed by atoms with Crippen molar-refractivity contribution in [2.45, 2.75) is 374 Å². The number of carbonyl (C=O) groups excluding carboxylic acids is 3. The minimum atomic E-state index is -0.772. The first-order chi connectivity index (χ1) is 36.0. The highest BCUT2D eigenvalue weighted by molar-refractivity contribution is 5.71. The maximum absolute atomic E-state index is 12.9. The van der Waals surface area contributed by atoms with Crippen molar-refractivity contribution in [3.8, 4) is 0 Å². The van der Waals surface area contributed by atoms with Crippen LogP contribution in [0, 0.1) is 0 Å². The molecule has 0 fully saturated rings. The average molecular weight is 1030 g/mol.